The van der Waals surface area contributed by atoms with E-state index in [-0.39, 0.29) is 6.10 Å². The maximum atomic E-state index is 10.3. The van der Waals surface area contributed by atoms with E-state index in [9.17, 15) is 4.79 Å². The van der Waals surface area contributed by atoms with Crippen LogP contribution >= 0.6 is 0 Å². The van der Waals surface area contributed by atoms with Crippen LogP contribution in [0.15, 0.2) is 30.3 Å². The van der Waals surface area contributed by atoms with Crippen molar-refractivity contribution in [1.29, 1.82) is 0 Å². The molecule has 1 aromatic rings. The maximum Gasteiger partial charge on any atom is 0.328 e. The SMILES string of the molecule is CCCC(C)Oc1ccc(C=CC(=O)O)cc1. The standard InChI is InChI=1S/C14H18O3/c1-3-4-11(2)17-13-8-5-12(6-9-13)7-10-14(15)16/h5-11H,3-4H2,1-2H3,(H,15,16). The van der Waals surface area contributed by atoms with Gasteiger partial charge in [-0.2, -0.15) is 0 Å². The molecule has 1 atom stereocenters. The summed E-state index contributed by atoms with van der Waals surface area (Å²) in [6.07, 6.45) is 5.01. The molecule has 0 radical (unpaired) electrons. The van der Waals surface area contributed by atoms with Crippen LogP contribution in [0.4, 0.5) is 0 Å². The normalized spacial score (nSPS) is 12.6. The molecule has 0 heterocycles. The van der Waals surface area contributed by atoms with Crippen molar-refractivity contribution in [3.8, 4) is 5.75 Å². The number of carboxylic acids is 1. The Morgan fingerprint density at radius 2 is 2.06 bits per heavy atom. The Morgan fingerprint density at radius 1 is 1.41 bits per heavy atom. The molecular weight excluding hydrogens is 216 g/mol. The number of hydrogen-bond donors (Lipinski definition) is 1. The minimum atomic E-state index is -0.943. The zero-order chi connectivity index (χ0) is 12.7. The predicted octanol–water partition coefficient (Wildman–Crippen LogP) is 3.35. The van der Waals surface area contributed by atoms with Gasteiger partial charge in [0.1, 0.15) is 5.75 Å². The Balaban J connectivity index is 2.58. The lowest BCUT2D eigenvalue weighted by molar-refractivity contribution is -0.131. The van der Waals surface area contributed by atoms with Crippen molar-refractivity contribution in [2.75, 3.05) is 0 Å². The van der Waals surface area contributed by atoms with E-state index in [1.165, 1.54) is 0 Å². The van der Waals surface area contributed by atoms with Gasteiger partial charge in [0.2, 0.25) is 0 Å². The topological polar surface area (TPSA) is 46.5 Å². The van der Waals surface area contributed by atoms with E-state index < -0.39 is 5.97 Å². The highest BCUT2D eigenvalue weighted by Crippen LogP contribution is 2.16. The first-order valence-corrected chi connectivity index (χ1v) is 5.79. The average Bonchev–Trinajstić information content (AvgIpc) is 2.28. The van der Waals surface area contributed by atoms with E-state index in [1.807, 2.05) is 31.2 Å². The molecule has 1 aromatic carbocycles. The maximum absolute atomic E-state index is 10.3. The van der Waals surface area contributed by atoms with Crippen LogP contribution in [0, 0.1) is 0 Å². The summed E-state index contributed by atoms with van der Waals surface area (Å²) < 4.78 is 5.69. The van der Waals surface area contributed by atoms with Crippen LogP contribution < -0.4 is 4.74 Å². The molecule has 0 amide bonds. The number of carboxylic acid groups (broad SMARTS) is 1. The lowest BCUT2D eigenvalue weighted by atomic mass is 10.2. The Kier molecular flexibility index (Phi) is 5.27. The molecule has 1 rings (SSSR count). The number of aliphatic carboxylic acids is 1. The lowest BCUT2D eigenvalue weighted by Gasteiger charge is -2.13. The highest BCUT2D eigenvalue weighted by atomic mass is 16.5. The first-order chi connectivity index (χ1) is 8.11. The molecule has 0 saturated carbocycles. The Hall–Kier alpha value is -1.77. The van der Waals surface area contributed by atoms with Gasteiger partial charge in [0.25, 0.3) is 0 Å². The van der Waals surface area contributed by atoms with E-state index in [2.05, 4.69) is 6.92 Å². The summed E-state index contributed by atoms with van der Waals surface area (Å²) in [6, 6.07) is 7.39. The summed E-state index contributed by atoms with van der Waals surface area (Å²) in [5, 5.41) is 8.50. The highest BCUT2D eigenvalue weighted by molar-refractivity contribution is 5.85. The third-order valence-electron chi connectivity index (χ3n) is 2.33. The second-order valence-electron chi connectivity index (χ2n) is 3.96. The molecule has 0 saturated heterocycles. The van der Waals surface area contributed by atoms with Crippen molar-refractivity contribution in [3.63, 3.8) is 0 Å². The van der Waals surface area contributed by atoms with Gasteiger partial charge in [-0.15, -0.1) is 0 Å². The average molecular weight is 234 g/mol. The van der Waals surface area contributed by atoms with Crippen LogP contribution in [0.3, 0.4) is 0 Å². The molecular formula is C14H18O3. The predicted molar refractivity (Wildman–Crippen MR) is 68.1 cm³/mol. The summed E-state index contributed by atoms with van der Waals surface area (Å²) in [6.45, 7) is 4.17. The smallest absolute Gasteiger partial charge is 0.328 e. The van der Waals surface area contributed by atoms with Gasteiger partial charge in [0, 0.05) is 6.08 Å². The van der Waals surface area contributed by atoms with Crippen molar-refractivity contribution < 1.29 is 14.6 Å². The van der Waals surface area contributed by atoms with Crippen molar-refractivity contribution in [2.45, 2.75) is 32.8 Å². The largest absolute Gasteiger partial charge is 0.491 e. The molecule has 1 N–H and O–H groups in total. The molecule has 3 nitrogen and oxygen atoms in total. The van der Waals surface area contributed by atoms with Gasteiger partial charge in [-0.1, -0.05) is 25.5 Å². The second kappa shape index (κ2) is 6.74. The minimum absolute atomic E-state index is 0.209. The van der Waals surface area contributed by atoms with E-state index in [4.69, 9.17) is 9.84 Å². The molecule has 0 fully saturated rings. The number of ether oxygens (including phenoxy) is 1. The van der Waals surface area contributed by atoms with Crippen LogP contribution in [0.5, 0.6) is 5.75 Å². The molecule has 0 aliphatic heterocycles. The Morgan fingerprint density at radius 3 is 2.59 bits per heavy atom. The Labute approximate surface area is 102 Å². The van der Waals surface area contributed by atoms with Crippen molar-refractivity contribution >= 4 is 12.0 Å². The zero-order valence-corrected chi connectivity index (χ0v) is 10.2. The minimum Gasteiger partial charge on any atom is -0.491 e. The molecule has 0 bridgehead atoms. The van der Waals surface area contributed by atoms with Crippen LogP contribution in [0.25, 0.3) is 6.08 Å². The van der Waals surface area contributed by atoms with Crippen molar-refractivity contribution in [1.82, 2.24) is 0 Å². The van der Waals surface area contributed by atoms with Crippen LogP contribution in [0.1, 0.15) is 32.3 Å². The van der Waals surface area contributed by atoms with Crippen molar-refractivity contribution in [2.24, 2.45) is 0 Å². The summed E-state index contributed by atoms with van der Waals surface area (Å²) in [5.74, 6) is -0.125. The number of rotatable bonds is 6. The fourth-order valence-electron chi connectivity index (χ4n) is 1.52. The molecule has 92 valence electrons. The summed E-state index contributed by atoms with van der Waals surface area (Å²) in [7, 11) is 0. The fraction of sp³-hybridized carbons (Fsp3) is 0.357. The van der Waals surface area contributed by atoms with Gasteiger partial charge >= 0.3 is 5.97 Å². The molecule has 3 heteroatoms. The first-order valence-electron chi connectivity index (χ1n) is 5.79. The molecule has 0 aromatic heterocycles. The third-order valence-corrected chi connectivity index (χ3v) is 2.33. The van der Waals surface area contributed by atoms with Gasteiger partial charge in [0.05, 0.1) is 6.10 Å². The van der Waals surface area contributed by atoms with Gasteiger partial charge in [-0.3, -0.25) is 0 Å². The van der Waals surface area contributed by atoms with E-state index >= 15 is 0 Å². The Bertz CT molecular complexity index is 379. The number of hydrogen-bond acceptors (Lipinski definition) is 2. The van der Waals surface area contributed by atoms with Crippen LogP contribution in [-0.4, -0.2) is 17.2 Å². The van der Waals surface area contributed by atoms with Gasteiger partial charge in [-0.05, 0) is 37.1 Å². The van der Waals surface area contributed by atoms with Gasteiger partial charge < -0.3 is 9.84 Å². The lowest BCUT2D eigenvalue weighted by Crippen LogP contribution is -2.10. The third kappa shape index (κ3) is 5.20. The zero-order valence-electron chi connectivity index (χ0n) is 10.2. The quantitative estimate of drug-likeness (QED) is 0.768. The van der Waals surface area contributed by atoms with E-state index in [1.54, 1.807) is 6.08 Å². The van der Waals surface area contributed by atoms with Gasteiger partial charge in [-0.25, -0.2) is 4.79 Å². The molecule has 17 heavy (non-hydrogen) atoms. The molecule has 0 aliphatic rings. The monoisotopic (exact) mass is 234 g/mol. The van der Waals surface area contributed by atoms with Crippen LogP contribution in [-0.2, 0) is 4.79 Å². The van der Waals surface area contributed by atoms with Crippen molar-refractivity contribution in [3.05, 3.63) is 35.9 Å². The summed E-state index contributed by atoms with van der Waals surface area (Å²) in [4.78, 5) is 10.3. The molecule has 0 spiro atoms. The van der Waals surface area contributed by atoms with E-state index in [0.717, 1.165) is 30.2 Å². The van der Waals surface area contributed by atoms with Gasteiger partial charge in [0.15, 0.2) is 0 Å². The summed E-state index contributed by atoms with van der Waals surface area (Å²) in [5.41, 5.74) is 0.850. The van der Waals surface area contributed by atoms with Crippen LogP contribution in [0.2, 0.25) is 0 Å². The highest BCUT2D eigenvalue weighted by Gasteiger charge is 2.01. The molecule has 0 aliphatic carbocycles. The second-order valence-corrected chi connectivity index (χ2v) is 3.96. The fourth-order valence-corrected chi connectivity index (χ4v) is 1.52. The number of carbonyl (C=O) groups is 1. The van der Waals surface area contributed by atoms with E-state index in [0.29, 0.717) is 0 Å². The molecule has 1 unspecified atom stereocenters. The first kappa shape index (κ1) is 13.3. The number of benzene rings is 1. The summed E-state index contributed by atoms with van der Waals surface area (Å²) >= 11 is 0.